The second-order valence-corrected chi connectivity index (χ2v) is 9.01. The minimum Gasteiger partial charge on any atom is -0.461 e. The van der Waals surface area contributed by atoms with Gasteiger partial charge in [0, 0.05) is 24.6 Å². The zero-order chi connectivity index (χ0) is 21.0. The fourth-order valence-electron chi connectivity index (χ4n) is 2.95. The van der Waals surface area contributed by atoms with E-state index in [1.807, 2.05) is 0 Å². The maximum atomic E-state index is 13.1. The lowest BCUT2D eigenvalue weighted by atomic mass is 9.99. The van der Waals surface area contributed by atoms with Gasteiger partial charge in [-0.25, -0.2) is 17.6 Å². The maximum absolute atomic E-state index is 13.1. The van der Waals surface area contributed by atoms with E-state index in [4.69, 9.17) is 4.74 Å². The summed E-state index contributed by atoms with van der Waals surface area (Å²) in [5, 5.41) is 6.44. The highest BCUT2D eigenvalue weighted by molar-refractivity contribution is 7.89. The molecule has 1 atom stereocenters. The molecule has 1 aliphatic heterocycles. The standard InChI is InChI=1S/C17H19FN4O5S2/c1-2-27-17(24)14-16(28-21-20-14)19-15(23)11-4-3-9-22(10-11)29(25,26)13-7-5-12(18)6-8-13/h5-8,11H,2-4,9-10H2,1H3,(H,19,23). The van der Waals surface area contributed by atoms with E-state index in [9.17, 15) is 22.4 Å². The summed E-state index contributed by atoms with van der Waals surface area (Å²) in [4.78, 5) is 24.5. The molecule has 0 radical (unpaired) electrons. The quantitative estimate of drug-likeness (QED) is 0.679. The van der Waals surface area contributed by atoms with Crippen molar-refractivity contribution in [2.24, 2.45) is 5.92 Å². The van der Waals surface area contributed by atoms with Crippen LogP contribution < -0.4 is 5.32 Å². The summed E-state index contributed by atoms with van der Waals surface area (Å²) >= 11 is 0.839. The van der Waals surface area contributed by atoms with Gasteiger partial charge in [0.15, 0.2) is 5.00 Å². The van der Waals surface area contributed by atoms with Crippen molar-refractivity contribution in [3.05, 3.63) is 35.8 Å². The predicted molar refractivity (Wildman–Crippen MR) is 102 cm³/mol. The topological polar surface area (TPSA) is 119 Å². The Morgan fingerprint density at radius 3 is 2.76 bits per heavy atom. The van der Waals surface area contributed by atoms with Gasteiger partial charge in [0.05, 0.1) is 17.4 Å². The highest BCUT2D eigenvalue weighted by atomic mass is 32.2. The molecule has 1 N–H and O–H groups in total. The number of benzene rings is 1. The van der Waals surface area contributed by atoms with E-state index in [0.29, 0.717) is 12.8 Å². The van der Waals surface area contributed by atoms with Crippen molar-refractivity contribution in [3.63, 3.8) is 0 Å². The molecule has 0 saturated carbocycles. The molecule has 1 aromatic heterocycles. The van der Waals surface area contributed by atoms with Crippen LogP contribution in [0.1, 0.15) is 30.3 Å². The molecule has 0 bridgehead atoms. The lowest BCUT2D eigenvalue weighted by Crippen LogP contribution is -2.43. The highest BCUT2D eigenvalue weighted by Gasteiger charge is 2.34. The number of piperidine rings is 1. The van der Waals surface area contributed by atoms with Gasteiger partial charge in [-0.05, 0) is 44.0 Å². The average molecular weight is 442 g/mol. The zero-order valence-electron chi connectivity index (χ0n) is 15.5. The Labute approximate surface area is 171 Å². The molecule has 9 nitrogen and oxygen atoms in total. The van der Waals surface area contributed by atoms with Crippen LogP contribution in [0.5, 0.6) is 0 Å². The van der Waals surface area contributed by atoms with Crippen LogP contribution in [0.25, 0.3) is 0 Å². The Bertz CT molecular complexity index is 994. The molecular formula is C17H19FN4O5S2. The number of hydrogen-bond acceptors (Lipinski definition) is 8. The third-order valence-electron chi connectivity index (χ3n) is 4.40. The van der Waals surface area contributed by atoms with Crippen molar-refractivity contribution >= 4 is 38.4 Å². The van der Waals surface area contributed by atoms with Gasteiger partial charge in [-0.2, -0.15) is 4.31 Å². The average Bonchev–Trinajstić information content (AvgIpc) is 3.17. The number of hydrogen-bond donors (Lipinski definition) is 1. The van der Waals surface area contributed by atoms with Gasteiger partial charge in [-0.1, -0.05) is 4.49 Å². The van der Waals surface area contributed by atoms with Gasteiger partial charge >= 0.3 is 5.97 Å². The number of amides is 1. The first-order chi connectivity index (χ1) is 13.8. The monoisotopic (exact) mass is 442 g/mol. The summed E-state index contributed by atoms with van der Waals surface area (Å²) in [6, 6.07) is 4.55. The second-order valence-electron chi connectivity index (χ2n) is 6.32. The fourth-order valence-corrected chi connectivity index (χ4v) is 5.03. The summed E-state index contributed by atoms with van der Waals surface area (Å²) < 4.78 is 48.4. The molecule has 1 fully saturated rings. The largest absolute Gasteiger partial charge is 0.461 e. The highest BCUT2D eigenvalue weighted by Crippen LogP contribution is 2.26. The summed E-state index contributed by atoms with van der Waals surface area (Å²) in [6.45, 7) is 2.04. The van der Waals surface area contributed by atoms with Crippen LogP contribution in [-0.2, 0) is 19.6 Å². The van der Waals surface area contributed by atoms with E-state index in [0.717, 1.165) is 23.7 Å². The molecule has 0 aliphatic carbocycles. The SMILES string of the molecule is CCOC(=O)c1nnsc1NC(=O)C1CCCN(S(=O)(=O)c2ccc(F)cc2)C1. The smallest absolute Gasteiger partial charge is 0.362 e. The van der Waals surface area contributed by atoms with Crippen molar-refractivity contribution in [1.82, 2.24) is 13.9 Å². The summed E-state index contributed by atoms with van der Waals surface area (Å²) in [5.41, 5.74) is -0.0863. The van der Waals surface area contributed by atoms with Crippen LogP contribution in [-0.4, -0.2) is 53.9 Å². The van der Waals surface area contributed by atoms with E-state index in [1.54, 1.807) is 6.92 Å². The molecule has 2 aromatic rings. The molecule has 1 unspecified atom stereocenters. The van der Waals surface area contributed by atoms with Crippen molar-refractivity contribution in [2.45, 2.75) is 24.7 Å². The molecule has 29 heavy (non-hydrogen) atoms. The number of carbonyl (C=O) groups excluding carboxylic acids is 2. The van der Waals surface area contributed by atoms with Crippen molar-refractivity contribution in [3.8, 4) is 0 Å². The fraction of sp³-hybridized carbons (Fsp3) is 0.412. The van der Waals surface area contributed by atoms with E-state index in [2.05, 4.69) is 14.9 Å². The molecule has 0 spiro atoms. The van der Waals surface area contributed by atoms with E-state index < -0.39 is 33.6 Å². The number of esters is 1. The number of nitrogens with one attached hydrogen (secondary N) is 1. The first-order valence-corrected chi connectivity index (χ1v) is 11.1. The third kappa shape index (κ3) is 4.77. The van der Waals surface area contributed by atoms with Crippen LogP contribution in [0.3, 0.4) is 0 Å². The molecular weight excluding hydrogens is 423 g/mol. The van der Waals surface area contributed by atoms with E-state index in [1.165, 1.54) is 16.4 Å². The second kappa shape index (κ2) is 8.93. The summed E-state index contributed by atoms with van der Waals surface area (Å²) in [5.74, 6) is -2.27. The molecule has 1 aromatic carbocycles. The number of ether oxygens (including phenoxy) is 1. The molecule has 2 heterocycles. The van der Waals surface area contributed by atoms with Gasteiger partial charge in [-0.3, -0.25) is 4.79 Å². The molecule has 1 amide bonds. The third-order valence-corrected chi connectivity index (χ3v) is 6.92. The molecule has 3 rings (SSSR count). The lowest BCUT2D eigenvalue weighted by Gasteiger charge is -2.31. The van der Waals surface area contributed by atoms with Crippen LogP contribution in [0.15, 0.2) is 29.2 Å². The minimum atomic E-state index is -3.85. The minimum absolute atomic E-state index is 0.0213. The maximum Gasteiger partial charge on any atom is 0.362 e. The van der Waals surface area contributed by atoms with Crippen LogP contribution in [0.2, 0.25) is 0 Å². The van der Waals surface area contributed by atoms with Gasteiger partial charge in [0.2, 0.25) is 21.6 Å². The summed E-state index contributed by atoms with van der Waals surface area (Å²) in [7, 11) is -3.85. The lowest BCUT2D eigenvalue weighted by molar-refractivity contribution is -0.120. The van der Waals surface area contributed by atoms with Gasteiger partial charge in [0.1, 0.15) is 5.82 Å². The Morgan fingerprint density at radius 2 is 2.07 bits per heavy atom. The van der Waals surface area contributed by atoms with Crippen molar-refractivity contribution in [1.29, 1.82) is 0 Å². The number of halogens is 1. The van der Waals surface area contributed by atoms with Gasteiger partial charge < -0.3 is 10.1 Å². The van der Waals surface area contributed by atoms with Crippen LogP contribution in [0.4, 0.5) is 9.39 Å². The summed E-state index contributed by atoms with van der Waals surface area (Å²) in [6.07, 6.45) is 0.979. The van der Waals surface area contributed by atoms with Crippen LogP contribution >= 0.6 is 11.5 Å². The molecule has 156 valence electrons. The van der Waals surface area contributed by atoms with Crippen LogP contribution in [0, 0.1) is 11.7 Å². The number of aromatic nitrogens is 2. The number of carbonyl (C=O) groups is 2. The van der Waals surface area contributed by atoms with Gasteiger partial charge in [-0.15, -0.1) is 5.10 Å². The zero-order valence-corrected chi connectivity index (χ0v) is 17.1. The Hall–Kier alpha value is -2.44. The Balaban J connectivity index is 1.71. The molecule has 1 saturated heterocycles. The molecule has 1 aliphatic rings. The van der Waals surface area contributed by atoms with Gasteiger partial charge in [0.25, 0.3) is 0 Å². The Morgan fingerprint density at radius 1 is 1.34 bits per heavy atom. The normalized spacial score (nSPS) is 17.7. The first-order valence-electron chi connectivity index (χ1n) is 8.89. The van der Waals surface area contributed by atoms with Crippen molar-refractivity contribution < 1.29 is 27.1 Å². The first kappa shape index (κ1) is 21.3. The number of anilines is 1. The van der Waals surface area contributed by atoms with E-state index in [-0.39, 0.29) is 35.3 Å². The van der Waals surface area contributed by atoms with Crippen molar-refractivity contribution in [2.75, 3.05) is 25.0 Å². The van der Waals surface area contributed by atoms with E-state index >= 15 is 0 Å². The Kier molecular flexibility index (Phi) is 6.55. The number of rotatable bonds is 6. The molecule has 12 heteroatoms. The number of nitrogens with zero attached hydrogens (tertiary/aromatic N) is 3. The number of sulfonamides is 1. The predicted octanol–water partition coefficient (Wildman–Crippen LogP) is 1.89.